The normalized spacial score (nSPS) is 18.6. The zero-order valence-electron chi connectivity index (χ0n) is 17.3. The van der Waals surface area contributed by atoms with Crippen LogP contribution >= 0.6 is 0 Å². The zero-order valence-corrected chi connectivity index (χ0v) is 17.3. The van der Waals surface area contributed by atoms with Crippen molar-refractivity contribution in [1.82, 2.24) is 4.90 Å². The molecule has 0 radical (unpaired) electrons. The SMILES string of the molecule is O=C1OC(CCCO)(c2ccc(F)cc2)CCN1Cc1ccccc1-c1ccccc1. The maximum absolute atomic E-state index is 13.4. The van der Waals surface area contributed by atoms with Crippen molar-refractivity contribution in [1.29, 1.82) is 0 Å². The van der Waals surface area contributed by atoms with Gasteiger partial charge in [-0.25, -0.2) is 9.18 Å². The second kappa shape index (κ2) is 9.31. The minimum absolute atomic E-state index is 0.00859. The number of carbonyl (C=O) groups is 1. The van der Waals surface area contributed by atoms with Crippen molar-refractivity contribution in [2.24, 2.45) is 0 Å². The highest BCUT2D eigenvalue weighted by Gasteiger charge is 2.41. The molecule has 0 spiro atoms. The van der Waals surface area contributed by atoms with E-state index in [-0.39, 0.29) is 12.4 Å². The first-order chi connectivity index (χ1) is 15.1. The maximum Gasteiger partial charge on any atom is 0.410 e. The van der Waals surface area contributed by atoms with Crippen molar-refractivity contribution in [2.45, 2.75) is 31.4 Å². The van der Waals surface area contributed by atoms with E-state index in [9.17, 15) is 14.3 Å². The van der Waals surface area contributed by atoms with Crippen molar-refractivity contribution in [3.63, 3.8) is 0 Å². The van der Waals surface area contributed by atoms with Crippen LogP contribution in [0.2, 0.25) is 0 Å². The summed E-state index contributed by atoms with van der Waals surface area (Å²) >= 11 is 0. The number of aliphatic hydroxyl groups excluding tert-OH is 1. The fourth-order valence-electron chi connectivity index (χ4n) is 4.24. The van der Waals surface area contributed by atoms with Gasteiger partial charge in [0.1, 0.15) is 11.4 Å². The van der Waals surface area contributed by atoms with Crippen LogP contribution in [0.1, 0.15) is 30.4 Å². The first-order valence-electron chi connectivity index (χ1n) is 10.6. The highest BCUT2D eigenvalue weighted by Crippen LogP contribution is 2.39. The first kappa shape index (κ1) is 21.1. The Morgan fingerprint density at radius 2 is 1.68 bits per heavy atom. The van der Waals surface area contributed by atoms with Gasteiger partial charge >= 0.3 is 6.09 Å². The molecule has 1 saturated heterocycles. The largest absolute Gasteiger partial charge is 0.438 e. The van der Waals surface area contributed by atoms with Gasteiger partial charge in [-0.05, 0) is 47.2 Å². The second-order valence-electron chi connectivity index (χ2n) is 7.89. The minimum atomic E-state index is -0.844. The summed E-state index contributed by atoms with van der Waals surface area (Å²) in [7, 11) is 0. The van der Waals surface area contributed by atoms with E-state index in [0.717, 1.165) is 22.3 Å². The number of carbonyl (C=O) groups excluding carboxylic acids is 1. The number of rotatable bonds is 7. The van der Waals surface area contributed by atoms with Gasteiger partial charge in [-0.1, -0.05) is 66.7 Å². The van der Waals surface area contributed by atoms with Gasteiger partial charge in [-0.2, -0.15) is 0 Å². The average Bonchev–Trinajstić information content (AvgIpc) is 2.81. The number of amides is 1. The summed E-state index contributed by atoms with van der Waals surface area (Å²) in [6, 6.07) is 24.3. The quantitative estimate of drug-likeness (QED) is 0.550. The monoisotopic (exact) mass is 419 g/mol. The molecule has 1 aliphatic heterocycles. The Balaban J connectivity index is 1.55. The van der Waals surface area contributed by atoms with E-state index >= 15 is 0 Å². The van der Waals surface area contributed by atoms with Crippen molar-refractivity contribution in [3.8, 4) is 11.1 Å². The third kappa shape index (κ3) is 4.62. The Bertz CT molecular complexity index is 1020. The molecule has 1 heterocycles. The molecular weight excluding hydrogens is 393 g/mol. The number of hydrogen-bond acceptors (Lipinski definition) is 3. The number of nitrogens with zero attached hydrogens (tertiary/aromatic N) is 1. The number of benzene rings is 3. The summed E-state index contributed by atoms with van der Waals surface area (Å²) in [5, 5.41) is 9.34. The summed E-state index contributed by atoms with van der Waals surface area (Å²) < 4.78 is 19.4. The van der Waals surface area contributed by atoms with E-state index in [4.69, 9.17) is 4.74 Å². The number of cyclic esters (lactones) is 1. The molecule has 4 rings (SSSR count). The van der Waals surface area contributed by atoms with Crippen LogP contribution < -0.4 is 0 Å². The third-order valence-corrected chi connectivity index (χ3v) is 5.90. The molecule has 0 saturated carbocycles. The third-order valence-electron chi connectivity index (χ3n) is 5.90. The Hall–Kier alpha value is -3.18. The van der Waals surface area contributed by atoms with Crippen molar-refractivity contribution >= 4 is 6.09 Å². The summed E-state index contributed by atoms with van der Waals surface area (Å²) in [6.45, 7) is 0.975. The van der Waals surface area contributed by atoms with Crippen molar-refractivity contribution in [2.75, 3.05) is 13.2 Å². The van der Waals surface area contributed by atoms with Gasteiger partial charge in [0.15, 0.2) is 0 Å². The van der Waals surface area contributed by atoms with Crippen molar-refractivity contribution < 1.29 is 19.0 Å². The maximum atomic E-state index is 13.4. The number of ether oxygens (including phenoxy) is 1. The molecule has 3 aromatic carbocycles. The van der Waals surface area contributed by atoms with Gasteiger partial charge in [-0.15, -0.1) is 0 Å². The molecule has 4 nitrogen and oxygen atoms in total. The molecule has 1 amide bonds. The Morgan fingerprint density at radius 3 is 2.39 bits per heavy atom. The Kier molecular flexibility index (Phi) is 6.33. The molecule has 0 aliphatic carbocycles. The van der Waals surface area contributed by atoms with Gasteiger partial charge in [-0.3, -0.25) is 0 Å². The van der Waals surface area contributed by atoms with Crippen LogP contribution in [0.25, 0.3) is 11.1 Å². The molecule has 1 aliphatic rings. The molecule has 5 heteroatoms. The van der Waals surface area contributed by atoms with E-state index < -0.39 is 11.7 Å². The van der Waals surface area contributed by atoms with Crippen LogP contribution in [-0.4, -0.2) is 29.3 Å². The molecule has 160 valence electrons. The molecule has 1 fully saturated rings. The van der Waals surface area contributed by atoms with E-state index in [1.807, 2.05) is 36.4 Å². The van der Waals surface area contributed by atoms with E-state index in [0.29, 0.717) is 32.4 Å². The van der Waals surface area contributed by atoms with Crippen LogP contribution in [0.5, 0.6) is 0 Å². The summed E-state index contributed by atoms with van der Waals surface area (Å²) in [6.07, 6.45) is 1.19. The van der Waals surface area contributed by atoms with Gasteiger partial charge in [0.05, 0.1) is 0 Å². The Morgan fingerprint density at radius 1 is 0.968 bits per heavy atom. The summed E-state index contributed by atoms with van der Waals surface area (Å²) in [5.41, 5.74) is 3.16. The van der Waals surface area contributed by atoms with Crippen LogP contribution in [0.15, 0.2) is 78.9 Å². The molecule has 31 heavy (non-hydrogen) atoms. The summed E-state index contributed by atoms with van der Waals surface area (Å²) in [5.74, 6) is -0.331. The van der Waals surface area contributed by atoms with E-state index in [2.05, 4.69) is 18.2 Å². The standard InChI is InChI=1S/C26H26FNO3/c27-23-13-11-22(12-14-23)26(15-6-18-29)16-17-28(25(30)31-26)19-21-9-4-5-10-24(21)20-7-2-1-3-8-20/h1-5,7-14,29H,6,15-19H2. The first-order valence-corrected chi connectivity index (χ1v) is 10.6. The highest BCUT2D eigenvalue weighted by molar-refractivity contribution is 5.71. The topological polar surface area (TPSA) is 49.8 Å². The lowest BCUT2D eigenvalue weighted by Crippen LogP contribution is -2.47. The lowest BCUT2D eigenvalue weighted by molar-refractivity contribution is -0.0625. The van der Waals surface area contributed by atoms with E-state index in [1.165, 1.54) is 12.1 Å². The number of halogens is 1. The fourth-order valence-corrected chi connectivity index (χ4v) is 4.24. The molecule has 0 bridgehead atoms. The second-order valence-corrected chi connectivity index (χ2v) is 7.89. The minimum Gasteiger partial charge on any atom is -0.438 e. The van der Waals surface area contributed by atoms with Gasteiger partial charge in [0, 0.05) is 26.1 Å². The molecule has 1 N–H and O–H groups in total. The lowest BCUT2D eigenvalue weighted by atomic mass is 9.84. The lowest BCUT2D eigenvalue weighted by Gasteiger charge is -2.42. The molecule has 1 unspecified atom stereocenters. The molecule has 1 atom stereocenters. The van der Waals surface area contributed by atoms with Gasteiger partial charge in [0.25, 0.3) is 0 Å². The average molecular weight is 419 g/mol. The summed E-state index contributed by atoms with van der Waals surface area (Å²) in [4.78, 5) is 14.7. The predicted octanol–water partition coefficient (Wildman–Crippen LogP) is 5.50. The highest BCUT2D eigenvalue weighted by atomic mass is 19.1. The smallest absolute Gasteiger partial charge is 0.410 e. The van der Waals surface area contributed by atoms with Crippen LogP contribution in [0.4, 0.5) is 9.18 Å². The van der Waals surface area contributed by atoms with Crippen LogP contribution in [-0.2, 0) is 16.9 Å². The number of aliphatic hydroxyl groups is 1. The predicted molar refractivity (Wildman–Crippen MR) is 118 cm³/mol. The van der Waals surface area contributed by atoms with Crippen LogP contribution in [0, 0.1) is 5.82 Å². The van der Waals surface area contributed by atoms with E-state index in [1.54, 1.807) is 17.0 Å². The fraction of sp³-hybridized carbons (Fsp3) is 0.269. The van der Waals surface area contributed by atoms with Crippen LogP contribution in [0.3, 0.4) is 0 Å². The molecular formula is C26H26FNO3. The Labute approximate surface area is 181 Å². The van der Waals surface area contributed by atoms with Gasteiger partial charge in [0.2, 0.25) is 0 Å². The van der Waals surface area contributed by atoms with Gasteiger partial charge < -0.3 is 14.7 Å². The molecule has 0 aromatic heterocycles. The number of hydrogen-bond donors (Lipinski definition) is 1. The van der Waals surface area contributed by atoms with Crippen molar-refractivity contribution in [3.05, 3.63) is 95.8 Å². The molecule has 3 aromatic rings. The zero-order chi connectivity index (χ0) is 21.7.